The first-order valence-corrected chi connectivity index (χ1v) is 10.2. The van der Waals surface area contributed by atoms with Crippen molar-refractivity contribution in [3.05, 3.63) is 107 Å². The van der Waals surface area contributed by atoms with Crippen molar-refractivity contribution in [1.82, 2.24) is 4.98 Å². The highest BCUT2D eigenvalue weighted by atomic mass is 16.1. The van der Waals surface area contributed by atoms with Gasteiger partial charge in [-0.3, -0.25) is 0 Å². The molecule has 2 aliphatic rings. The monoisotopic (exact) mass is 410 g/mol. The standard InChI is InChI=1S/C28H14N2O2/c31-15-18-14-22-19-8-2-1-7-17(19)13-23(22)28(24(18)16-32)30-27-20-9-3-5-11-25(20)29-26-12-6-4-10-21(26)27/h1-14H. The number of hydrogen-bond acceptors (Lipinski definition) is 4. The molecule has 0 fully saturated rings. The predicted octanol–water partition coefficient (Wildman–Crippen LogP) is 5.47. The average Bonchev–Trinajstić information content (AvgIpc) is 3.22. The first-order valence-electron chi connectivity index (χ1n) is 10.2. The molecule has 0 amide bonds. The SMILES string of the molecule is O=C=C1C=C2C(=Cc3ccccc32)C(=Nc2c3ccccc3nc3ccccc23)C1=C=O. The minimum atomic E-state index is 0.118. The summed E-state index contributed by atoms with van der Waals surface area (Å²) in [4.78, 5) is 33.5. The summed E-state index contributed by atoms with van der Waals surface area (Å²) < 4.78 is 0. The van der Waals surface area contributed by atoms with Crippen LogP contribution in [0.2, 0.25) is 0 Å². The quantitative estimate of drug-likeness (QED) is 0.309. The van der Waals surface area contributed by atoms with Crippen LogP contribution in [0.3, 0.4) is 0 Å². The molecule has 0 unspecified atom stereocenters. The van der Waals surface area contributed by atoms with Crippen LogP contribution in [-0.4, -0.2) is 22.6 Å². The van der Waals surface area contributed by atoms with Crippen LogP contribution >= 0.6 is 0 Å². The zero-order chi connectivity index (χ0) is 21.7. The normalized spacial score (nSPS) is 15.8. The van der Waals surface area contributed by atoms with Gasteiger partial charge in [-0.25, -0.2) is 19.6 Å². The number of aromatic nitrogens is 1. The molecule has 0 bridgehead atoms. The summed E-state index contributed by atoms with van der Waals surface area (Å²) in [5.74, 6) is 3.85. The Hall–Kier alpha value is -4.62. The van der Waals surface area contributed by atoms with Crippen molar-refractivity contribution < 1.29 is 9.59 Å². The zero-order valence-corrected chi connectivity index (χ0v) is 16.8. The fraction of sp³-hybridized carbons (Fsp3) is 0. The number of para-hydroxylation sites is 2. The Bertz CT molecular complexity index is 1620. The molecule has 4 aromatic rings. The summed E-state index contributed by atoms with van der Waals surface area (Å²) in [6.45, 7) is 0. The number of pyridine rings is 1. The number of nitrogens with zero attached hydrogens (tertiary/aromatic N) is 2. The van der Waals surface area contributed by atoms with Crippen LogP contribution in [0.1, 0.15) is 11.1 Å². The molecule has 1 aromatic heterocycles. The molecule has 32 heavy (non-hydrogen) atoms. The molecule has 0 aliphatic heterocycles. The topological polar surface area (TPSA) is 59.4 Å². The lowest BCUT2D eigenvalue weighted by Crippen LogP contribution is -2.14. The third-order valence-electron chi connectivity index (χ3n) is 5.89. The van der Waals surface area contributed by atoms with Gasteiger partial charge in [0.25, 0.3) is 0 Å². The maximum atomic E-state index is 12.0. The van der Waals surface area contributed by atoms with Crippen molar-refractivity contribution in [2.45, 2.75) is 0 Å². The Balaban J connectivity index is 1.72. The van der Waals surface area contributed by atoms with E-state index >= 15 is 0 Å². The first kappa shape index (κ1) is 18.2. The second-order valence-corrected chi connectivity index (χ2v) is 7.65. The van der Waals surface area contributed by atoms with Gasteiger partial charge in [-0.1, -0.05) is 60.7 Å². The maximum Gasteiger partial charge on any atom is 0.136 e. The lowest BCUT2D eigenvalue weighted by molar-refractivity contribution is 0.565. The molecule has 2 aliphatic carbocycles. The Kier molecular flexibility index (Phi) is 3.96. The van der Waals surface area contributed by atoms with Gasteiger partial charge in [0.1, 0.15) is 17.5 Å². The molecule has 0 atom stereocenters. The molecule has 4 heteroatoms. The number of fused-ring (bicyclic) bond motifs is 5. The molecule has 3 aromatic carbocycles. The van der Waals surface area contributed by atoms with E-state index in [1.165, 1.54) is 0 Å². The second-order valence-electron chi connectivity index (χ2n) is 7.65. The van der Waals surface area contributed by atoms with Gasteiger partial charge in [-0.15, -0.1) is 0 Å². The Morgan fingerprint density at radius 2 is 1.34 bits per heavy atom. The number of rotatable bonds is 1. The third kappa shape index (κ3) is 2.59. The molecule has 0 spiro atoms. The minimum Gasteiger partial charge on any atom is -0.248 e. The molecule has 1 heterocycles. The second kappa shape index (κ2) is 6.97. The summed E-state index contributed by atoms with van der Waals surface area (Å²) in [5.41, 5.74) is 6.70. The predicted molar refractivity (Wildman–Crippen MR) is 127 cm³/mol. The minimum absolute atomic E-state index is 0.118. The van der Waals surface area contributed by atoms with Gasteiger partial charge in [0.2, 0.25) is 0 Å². The number of carbonyl (C=O) groups excluding carboxylic acids is 2. The summed E-state index contributed by atoms with van der Waals surface area (Å²) in [6, 6.07) is 23.5. The number of benzene rings is 3. The van der Waals surface area contributed by atoms with E-state index in [4.69, 9.17) is 9.98 Å². The van der Waals surface area contributed by atoms with E-state index in [1.54, 1.807) is 6.08 Å². The van der Waals surface area contributed by atoms with Crippen LogP contribution in [0.5, 0.6) is 0 Å². The molecular formula is C28H14N2O2. The average molecular weight is 410 g/mol. The van der Waals surface area contributed by atoms with Crippen molar-refractivity contribution in [2.75, 3.05) is 0 Å². The van der Waals surface area contributed by atoms with Crippen molar-refractivity contribution in [3.63, 3.8) is 0 Å². The van der Waals surface area contributed by atoms with E-state index in [9.17, 15) is 9.59 Å². The maximum absolute atomic E-state index is 12.0. The molecule has 0 radical (unpaired) electrons. The van der Waals surface area contributed by atoms with E-state index in [2.05, 4.69) is 0 Å². The fourth-order valence-electron chi connectivity index (χ4n) is 4.43. The van der Waals surface area contributed by atoms with Gasteiger partial charge in [0.15, 0.2) is 0 Å². The van der Waals surface area contributed by atoms with Crippen LogP contribution < -0.4 is 0 Å². The van der Waals surface area contributed by atoms with Crippen LogP contribution in [-0.2, 0) is 9.59 Å². The number of allylic oxidation sites excluding steroid dienone is 5. The molecule has 4 nitrogen and oxygen atoms in total. The fourth-order valence-corrected chi connectivity index (χ4v) is 4.43. The molecular weight excluding hydrogens is 396 g/mol. The van der Waals surface area contributed by atoms with Gasteiger partial charge < -0.3 is 0 Å². The first-order chi connectivity index (χ1) is 15.8. The lowest BCUT2D eigenvalue weighted by Gasteiger charge is -2.18. The van der Waals surface area contributed by atoms with Crippen LogP contribution in [0.25, 0.3) is 33.5 Å². The molecule has 0 saturated heterocycles. The van der Waals surface area contributed by atoms with E-state index in [1.807, 2.05) is 90.8 Å². The lowest BCUT2D eigenvalue weighted by atomic mass is 9.85. The van der Waals surface area contributed by atoms with E-state index in [0.29, 0.717) is 11.4 Å². The van der Waals surface area contributed by atoms with E-state index < -0.39 is 0 Å². The highest BCUT2D eigenvalue weighted by Gasteiger charge is 2.32. The van der Waals surface area contributed by atoms with Gasteiger partial charge >= 0.3 is 0 Å². The smallest absolute Gasteiger partial charge is 0.136 e. The summed E-state index contributed by atoms with van der Waals surface area (Å²) in [6.07, 6.45) is 3.71. The molecule has 0 saturated carbocycles. The van der Waals surface area contributed by atoms with Crippen LogP contribution in [0, 0.1) is 0 Å². The number of hydrogen-bond donors (Lipinski definition) is 0. The van der Waals surface area contributed by atoms with Crippen LogP contribution in [0.15, 0.2) is 101 Å². The van der Waals surface area contributed by atoms with Gasteiger partial charge in [-0.05, 0) is 41.0 Å². The van der Waals surface area contributed by atoms with Crippen molar-refractivity contribution in [2.24, 2.45) is 4.99 Å². The van der Waals surface area contributed by atoms with Gasteiger partial charge in [0, 0.05) is 16.3 Å². The Labute approximate surface area is 183 Å². The van der Waals surface area contributed by atoms with Gasteiger partial charge in [-0.2, -0.15) is 0 Å². The summed E-state index contributed by atoms with van der Waals surface area (Å²) in [5, 5.41) is 1.74. The van der Waals surface area contributed by atoms with Crippen LogP contribution in [0.4, 0.5) is 5.69 Å². The Morgan fingerprint density at radius 3 is 2.03 bits per heavy atom. The molecule has 6 rings (SSSR count). The zero-order valence-electron chi connectivity index (χ0n) is 16.8. The van der Waals surface area contributed by atoms with E-state index in [-0.39, 0.29) is 11.1 Å². The van der Waals surface area contributed by atoms with Gasteiger partial charge in [0.05, 0.1) is 28.0 Å². The summed E-state index contributed by atoms with van der Waals surface area (Å²) in [7, 11) is 0. The van der Waals surface area contributed by atoms with Crippen molar-refractivity contribution >= 4 is 56.7 Å². The number of aliphatic imine (C=N–C) groups is 1. The van der Waals surface area contributed by atoms with Crippen molar-refractivity contribution in [1.29, 1.82) is 0 Å². The molecule has 148 valence electrons. The largest absolute Gasteiger partial charge is 0.248 e. The molecule has 0 N–H and O–H groups in total. The third-order valence-corrected chi connectivity index (χ3v) is 5.89. The summed E-state index contributed by atoms with van der Waals surface area (Å²) >= 11 is 0. The van der Waals surface area contributed by atoms with Crippen molar-refractivity contribution in [3.8, 4) is 0 Å². The van der Waals surface area contributed by atoms with E-state index in [0.717, 1.165) is 44.1 Å². The Morgan fingerprint density at radius 1 is 0.688 bits per heavy atom. The highest BCUT2D eigenvalue weighted by Crippen LogP contribution is 2.43. The highest BCUT2D eigenvalue weighted by molar-refractivity contribution is 6.35.